The predicted molar refractivity (Wildman–Crippen MR) is 90.2 cm³/mol. The van der Waals surface area contributed by atoms with Gasteiger partial charge in [0.25, 0.3) is 0 Å². The summed E-state index contributed by atoms with van der Waals surface area (Å²) in [5, 5.41) is 0. The van der Waals surface area contributed by atoms with Crippen LogP contribution in [0, 0.1) is 0 Å². The maximum absolute atomic E-state index is 12.7. The Morgan fingerprint density at radius 3 is 2.92 bits per heavy atom. The lowest BCUT2D eigenvalue weighted by Crippen LogP contribution is -2.35. The van der Waals surface area contributed by atoms with Crippen molar-refractivity contribution in [3.8, 4) is 0 Å². The molecule has 3 heterocycles. The van der Waals surface area contributed by atoms with Gasteiger partial charge in [-0.05, 0) is 31.4 Å². The largest absolute Gasteiger partial charge is 0.342 e. The van der Waals surface area contributed by atoms with Gasteiger partial charge in [-0.2, -0.15) is 0 Å². The summed E-state index contributed by atoms with van der Waals surface area (Å²) in [5.74, 6) is 1.18. The Balaban J connectivity index is 1.45. The molecule has 4 rings (SSSR count). The number of nitrogens with one attached hydrogen (secondary N) is 1. The Kier molecular flexibility index (Phi) is 3.96. The zero-order valence-corrected chi connectivity index (χ0v) is 13.7. The van der Waals surface area contributed by atoms with E-state index in [2.05, 4.69) is 9.97 Å². The molecule has 2 aromatic rings. The molecule has 1 aromatic heterocycles. The van der Waals surface area contributed by atoms with Crippen molar-refractivity contribution in [2.24, 2.45) is 0 Å². The van der Waals surface area contributed by atoms with Gasteiger partial charge in [-0.25, -0.2) is 4.98 Å². The number of fused-ring (bicyclic) bond motifs is 1. The van der Waals surface area contributed by atoms with Crippen molar-refractivity contribution in [1.82, 2.24) is 19.8 Å². The van der Waals surface area contributed by atoms with Crippen LogP contribution in [0.5, 0.6) is 0 Å². The van der Waals surface area contributed by atoms with Crippen LogP contribution in [0.3, 0.4) is 0 Å². The Morgan fingerprint density at radius 1 is 1.25 bits per heavy atom. The molecule has 1 atom stereocenters. The molecule has 2 fully saturated rings. The molecule has 0 aliphatic carbocycles. The zero-order chi connectivity index (χ0) is 16.5. The van der Waals surface area contributed by atoms with Crippen LogP contribution < -0.4 is 0 Å². The average Bonchev–Trinajstić information content (AvgIpc) is 3.31. The minimum absolute atomic E-state index is 0.0270. The third kappa shape index (κ3) is 2.77. The maximum atomic E-state index is 12.7. The summed E-state index contributed by atoms with van der Waals surface area (Å²) in [5.41, 5.74) is 1.95. The molecule has 24 heavy (non-hydrogen) atoms. The number of nitrogens with zero attached hydrogens (tertiary/aromatic N) is 3. The molecule has 2 saturated heterocycles. The van der Waals surface area contributed by atoms with Crippen molar-refractivity contribution in [3.05, 3.63) is 30.1 Å². The van der Waals surface area contributed by atoms with Crippen LogP contribution in [-0.4, -0.2) is 51.2 Å². The topological polar surface area (TPSA) is 69.3 Å². The van der Waals surface area contributed by atoms with E-state index in [0.29, 0.717) is 19.4 Å². The number of imidazole rings is 1. The molecule has 2 aliphatic heterocycles. The van der Waals surface area contributed by atoms with Gasteiger partial charge < -0.3 is 14.8 Å². The Labute approximate surface area is 140 Å². The molecular weight excluding hydrogens is 304 g/mol. The summed E-state index contributed by atoms with van der Waals surface area (Å²) >= 11 is 0. The first-order valence-electron chi connectivity index (χ1n) is 8.74. The lowest BCUT2D eigenvalue weighted by molar-refractivity contribution is -0.133. The van der Waals surface area contributed by atoms with Crippen LogP contribution in [0.15, 0.2) is 24.3 Å². The lowest BCUT2D eigenvalue weighted by Gasteiger charge is -2.24. The van der Waals surface area contributed by atoms with Crippen molar-refractivity contribution in [3.63, 3.8) is 0 Å². The number of rotatable bonds is 4. The van der Waals surface area contributed by atoms with Gasteiger partial charge >= 0.3 is 0 Å². The molecule has 126 valence electrons. The lowest BCUT2D eigenvalue weighted by atomic mass is 10.2. The summed E-state index contributed by atoms with van der Waals surface area (Å²) < 4.78 is 0. The highest BCUT2D eigenvalue weighted by Crippen LogP contribution is 2.32. The van der Waals surface area contributed by atoms with Crippen molar-refractivity contribution < 1.29 is 9.59 Å². The quantitative estimate of drug-likeness (QED) is 0.937. The van der Waals surface area contributed by atoms with E-state index in [1.165, 1.54) is 0 Å². The van der Waals surface area contributed by atoms with Gasteiger partial charge in [0.05, 0.1) is 17.1 Å². The minimum atomic E-state index is 0.0270. The summed E-state index contributed by atoms with van der Waals surface area (Å²) in [6.07, 6.45) is 3.88. The van der Waals surface area contributed by atoms with E-state index in [9.17, 15) is 9.59 Å². The second-order valence-corrected chi connectivity index (χ2v) is 6.62. The maximum Gasteiger partial charge on any atom is 0.224 e. The van der Waals surface area contributed by atoms with Gasteiger partial charge in [0.15, 0.2) is 0 Å². The fourth-order valence-electron chi connectivity index (χ4n) is 3.79. The van der Waals surface area contributed by atoms with Crippen LogP contribution >= 0.6 is 0 Å². The van der Waals surface area contributed by atoms with E-state index in [-0.39, 0.29) is 17.9 Å². The first kappa shape index (κ1) is 15.2. The van der Waals surface area contributed by atoms with Crippen LogP contribution in [0.1, 0.15) is 44.0 Å². The number of amides is 2. The molecule has 2 amide bonds. The number of aromatic amines is 1. The van der Waals surface area contributed by atoms with Crippen LogP contribution in [0.25, 0.3) is 11.0 Å². The second kappa shape index (κ2) is 6.26. The molecule has 6 nitrogen and oxygen atoms in total. The van der Waals surface area contributed by atoms with E-state index in [1.807, 2.05) is 34.1 Å². The van der Waals surface area contributed by atoms with Crippen molar-refractivity contribution in [2.45, 2.75) is 38.1 Å². The molecule has 1 aromatic carbocycles. The van der Waals surface area contributed by atoms with Crippen molar-refractivity contribution in [2.75, 3.05) is 19.6 Å². The van der Waals surface area contributed by atoms with Gasteiger partial charge in [-0.15, -0.1) is 0 Å². The summed E-state index contributed by atoms with van der Waals surface area (Å²) in [6.45, 7) is 2.11. The zero-order valence-electron chi connectivity index (χ0n) is 13.7. The molecule has 0 spiro atoms. The fraction of sp³-hybridized carbons (Fsp3) is 0.500. The van der Waals surface area contributed by atoms with Crippen LogP contribution in [-0.2, 0) is 9.59 Å². The second-order valence-electron chi connectivity index (χ2n) is 6.62. The smallest absolute Gasteiger partial charge is 0.224 e. The average molecular weight is 326 g/mol. The van der Waals surface area contributed by atoms with Gasteiger partial charge in [-0.1, -0.05) is 12.1 Å². The number of hydrogen-bond donors (Lipinski definition) is 1. The van der Waals surface area contributed by atoms with Crippen molar-refractivity contribution >= 4 is 22.8 Å². The van der Waals surface area contributed by atoms with E-state index in [0.717, 1.165) is 49.2 Å². The Bertz CT molecular complexity index is 736. The number of hydrogen-bond acceptors (Lipinski definition) is 3. The molecule has 0 radical (unpaired) electrons. The van der Waals surface area contributed by atoms with E-state index >= 15 is 0 Å². The number of carbonyl (C=O) groups excluding carboxylic acids is 2. The number of benzene rings is 1. The van der Waals surface area contributed by atoms with E-state index < -0.39 is 0 Å². The first-order valence-corrected chi connectivity index (χ1v) is 8.74. The predicted octanol–water partition coefficient (Wildman–Crippen LogP) is 2.24. The number of aromatic nitrogens is 2. The molecule has 1 N–H and O–H groups in total. The van der Waals surface area contributed by atoms with Crippen LogP contribution in [0.2, 0.25) is 0 Å². The monoisotopic (exact) mass is 326 g/mol. The highest BCUT2D eigenvalue weighted by Gasteiger charge is 2.32. The number of carbonyl (C=O) groups is 2. The summed E-state index contributed by atoms with van der Waals surface area (Å²) in [7, 11) is 0. The number of likely N-dealkylation sites (tertiary alicyclic amines) is 2. The van der Waals surface area contributed by atoms with Gasteiger partial charge in [0, 0.05) is 32.5 Å². The molecule has 2 aliphatic rings. The molecule has 0 bridgehead atoms. The Morgan fingerprint density at radius 2 is 2.12 bits per heavy atom. The first-order chi connectivity index (χ1) is 11.7. The van der Waals surface area contributed by atoms with Crippen molar-refractivity contribution in [1.29, 1.82) is 0 Å². The van der Waals surface area contributed by atoms with Crippen LogP contribution in [0.4, 0.5) is 0 Å². The highest BCUT2D eigenvalue weighted by molar-refractivity contribution is 5.81. The van der Waals surface area contributed by atoms with Gasteiger partial charge in [0.2, 0.25) is 11.8 Å². The number of para-hydroxylation sites is 2. The molecule has 1 unspecified atom stereocenters. The Hall–Kier alpha value is -2.37. The number of H-pyrrole nitrogens is 1. The summed E-state index contributed by atoms with van der Waals surface area (Å²) in [4.78, 5) is 36.1. The molecular formula is C18H22N4O2. The van der Waals surface area contributed by atoms with E-state index in [4.69, 9.17) is 0 Å². The minimum Gasteiger partial charge on any atom is -0.342 e. The van der Waals surface area contributed by atoms with Gasteiger partial charge in [0.1, 0.15) is 5.82 Å². The van der Waals surface area contributed by atoms with E-state index in [1.54, 1.807) is 0 Å². The molecule has 0 saturated carbocycles. The SMILES string of the molecule is O=C1CCCN1CCC(=O)N1CCCC1c1nc2ccccc2[nH]1. The highest BCUT2D eigenvalue weighted by atomic mass is 16.2. The fourth-order valence-corrected chi connectivity index (χ4v) is 3.79. The summed E-state index contributed by atoms with van der Waals surface area (Å²) in [6, 6.07) is 7.97. The standard InChI is InChI=1S/C18H22N4O2/c23-16-8-4-10-21(16)12-9-17(24)22-11-3-7-15(22)18-19-13-5-1-2-6-14(13)20-18/h1-2,5-6,15H,3-4,7-12H2,(H,19,20). The third-order valence-corrected chi connectivity index (χ3v) is 5.06. The normalized spacial score (nSPS) is 21.2. The van der Waals surface area contributed by atoms with Gasteiger partial charge in [-0.3, -0.25) is 9.59 Å². The third-order valence-electron chi connectivity index (χ3n) is 5.06. The molecule has 6 heteroatoms.